The minimum absolute atomic E-state index is 0.00968. The van der Waals surface area contributed by atoms with Crippen LogP contribution in [0.15, 0.2) is 5.38 Å². The van der Waals surface area contributed by atoms with Crippen LogP contribution >= 0.6 is 11.3 Å². The Morgan fingerprint density at radius 2 is 2.40 bits per heavy atom. The molecule has 1 aromatic rings. The van der Waals surface area contributed by atoms with Gasteiger partial charge in [0.05, 0.1) is 5.01 Å². The third kappa shape index (κ3) is 3.60. The highest BCUT2D eigenvalue weighted by molar-refractivity contribution is 7.09. The molecule has 15 heavy (non-hydrogen) atoms. The summed E-state index contributed by atoms with van der Waals surface area (Å²) in [5.74, 6) is 0.00968. The van der Waals surface area contributed by atoms with Gasteiger partial charge in [0.15, 0.2) is 0 Å². The van der Waals surface area contributed by atoms with E-state index < -0.39 is 0 Å². The lowest BCUT2D eigenvalue weighted by Gasteiger charge is -2.15. The quantitative estimate of drug-likeness (QED) is 0.767. The number of rotatable bonds is 5. The van der Waals surface area contributed by atoms with Gasteiger partial charge in [0.2, 0.25) is 0 Å². The molecular formula is C10H17N3OS. The fourth-order valence-electron chi connectivity index (χ4n) is 1.25. The van der Waals surface area contributed by atoms with E-state index >= 15 is 0 Å². The topological polar surface area (TPSA) is 45.2 Å². The van der Waals surface area contributed by atoms with E-state index in [1.807, 2.05) is 26.4 Å². The normalized spacial score (nSPS) is 10.3. The van der Waals surface area contributed by atoms with Crippen molar-refractivity contribution in [3.63, 3.8) is 0 Å². The van der Waals surface area contributed by atoms with Crippen molar-refractivity contribution in [2.24, 2.45) is 0 Å². The maximum Gasteiger partial charge on any atom is 0.273 e. The van der Waals surface area contributed by atoms with E-state index in [1.165, 1.54) is 11.3 Å². The number of carbonyl (C=O) groups excluding carboxylic acids is 1. The number of hydrogen-bond acceptors (Lipinski definition) is 4. The molecule has 0 aliphatic carbocycles. The summed E-state index contributed by atoms with van der Waals surface area (Å²) in [6.45, 7) is 3.59. The molecule has 84 valence electrons. The van der Waals surface area contributed by atoms with Gasteiger partial charge < -0.3 is 10.2 Å². The monoisotopic (exact) mass is 227 g/mol. The molecule has 0 atom stereocenters. The van der Waals surface area contributed by atoms with E-state index in [4.69, 9.17) is 0 Å². The van der Waals surface area contributed by atoms with E-state index in [1.54, 1.807) is 4.90 Å². The van der Waals surface area contributed by atoms with Crippen molar-refractivity contribution in [1.82, 2.24) is 15.2 Å². The fraction of sp³-hybridized carbons (Fsp3) is 0.600. The second-order valence-corrected chi connectivity index (χ2v) is 4.50. The highest BCUT2D eigenvalue weighted by Gasteiger charge is 2.13. The zero-order valence-electron chi connectivity index (χ0n) is 9.41. The molecule has 0 saturated heterocycles. The first kappa shape index (κ1) is 12.1. The van der Waals surface area contributed by atoms with E-state index in [0.29, 0.717) is 5.69 Å². The summed E-state index contributed by atoms with van der Waals surface area (Å²) in [5.41, 5.74) is 0.560. The SMILES string of the molecule is CNCCCN(C)C(=O)c1csc(C)n1. The van der Waals surface area contributed by atoms with Gasteiger partial charge in [0, 0.05) is 19.0 Å². The maximum atomic E-state index is 11.8. The Balaban J connectivity index is 2.46. The van der Waals surface area contributed by atoms with Crippen LogP contribution in [0.4, 0.5) is 0 Å². The summed E-state index contributed by atoms with van der Waals surface area (Å²) in [4.78, 5) is 17.7. The number of nitrogens with zero attached hydrogens (tertiary/aromatic N) is 2. The molecule has 4 nitrogen and oxygen atoms in total. The Bertz CT molecular complexity index is 324. The van der Waals surface area contributed by atoms with Crippen molar-refractivity contribution >= 4 is 17.2 Å². The second-order valence-electron chi connectivity index (χ2n) is 3.44. The van der Waals surface area contributed by atoms with Crippen LogP contribution in [0.2, 0.25) is 0 Å². The first-order chi connectivity index (χ1) is 7.15. The van der Waals surface area contributed by atoms with Crippen LogP contribution in [-0.4, -0.2) is 43.0 Å². The summed E-state index contributed by atoms with van der Waals surface area (Å²) in [6.07, 6.45) is 0.960. The van der Waals surface area contributed by atoms with Gasteiger partial charge in [-0.15, -0.1) is 11.3 Å². The minimum Gasteiger partial charge on any atom is -0.340 e. The average molecular weight is 227 g/mol. The number of aryl methyl sites for hydroxylation is 1. The van der Waals surface area contributed by atoms with Crippen LogP contribution in [0.25, 0.3) is 0 Å². The molecule has 0 fully saturated rings. The van der Waals surface area contributed by atoms with Crippen LogP contribution in [0.1, 0.15) is 21.9 Å². The lowest BCUT2D eigenvalue weighted by molar-refractivity contribution is 0.0788. The zero-order valence-corrected chi connectivity index (χ0v) is 10.2. The largest absolute Gasteiger partial charge is 0.340 e. The number of nitrogens with one attached hydrogen (secondary N) is 1. The van der Waals surface area contributed by atoms with Crippen LogP contribution in [-0.2, 0) is 0 Å². The molecule has 1 heterocycles. The van der Waals surface area contributed by atoms with E-state index in [-0.39, 0.29) is 5.91 Å². The Morgan fingerprint density at radius 3 is 2.93 bits per heavy atom. The molecule has 0 spiro atoms. The lowest BCUT2D eigenvalue weighted by atomic mass is 10.3. The molecular weight excluding hydrogens is 210 g/mol. The molecule has 1 rings (SSSR count). The molecule has 0 aliphatic rings. The maximum absolute atomic E-state index is 11.8. The van der Waals surface area contributed by atoms with Gasteiger partial charge in [-0.2, -0.15) is 0 Å². The molecule has 0 aromatic carbocycles. The predicted octanol–water partition coefficient (Wildman–Crippen LogP) is 1.13. The number of carbonyl (C=O) groups is 1. The van der Waals surface area contributed by atoms with Crippen molar-refractivity contribution in [2.45, 2.75) is 13.3 Å². The summed E-state index contributed by atoms with van der Waals surface area (Å²) < 4.78 is 0. The van der Waals surface area contributed by atoms with E-state index in [0.717, 1.165) is 24.5 Å². The Morgan fingerprint density at radius 1 is 1.67 bits per heavy atom. The molecule has 1 N–H and O–H groups in total. The Kier molecular flexibility index (Phi) is 4.71. The van der Waals surface area contributed by atoms with Gasteiger partial charge in [0.1, 0.15) is 5.69 Å². The van der Waals surface area contributed by atoms with Crippen molar-refractivity contribution in [2.75, 3.05) is 27.2 Å². The van der Waals surface area contributed by atoms with Gasteiger partial charge in [0.25, 0.3) is 5.91 Å². The molecule has 1 amide bonds. The molecule has 0 bridgehead atoms. The van der Waals surface area contributed by atoms with Crippen LogP contribution in [0, 0.1) is 6.92 Å². The third-order valence-electron chi connectivity index (χ3n) is 2.11. The van der Waals surface area contributed by atoms with Crippen LogP contribution in [0.3, 0.4) is 0 Å². The zero-order chi connectivity index (χ0) is 11.3. The highest BCUT2D eigenvalue weighted by atomic mass is 32.1. The smallest absolute Gasteiger partial charge is 0.273 e. The second kappa shape index (κ2) is 5.82. The molecule has 0 unspecified atom stereocenters. The standard InChI is InChI=1S/C10H17N3OS/c1-8-12-9(7-15-8)10(14)13(3)6-4-5-11-2/h7,11H,4-6H2,1-3H3. The summed E-state index contributed by atoms with van der Waals surface area (Å²) >= 11 is 1.51. The summed E-state index contributed by atoms with van der Waals surface area (Å²) in [5, 5.41) is 5.80. The predicted molar refractivity (Wildman–Crippen MR) is 62.4 cm³/mol. The van der Waals surface area contributed by atoms with Crippen molar-refractivity contribution in [3.05, 3.63) is 16.1 Å². The van der Waals surface area contributed by atoms with Gasteiger partial charge in [-0.3, -0.25) is 4.79 Å². The number of amides is 1. The van der Waals surface area contributed by atoms with Gasteiger partial charge in [-0.25, -0.2) is 4.98 Å². The number of thiazole rings is 1. The third-order valence-corrected chi connectivity index (χ3v) is 2.88. The summed E-state index contributed by atoms with van der Waals surface area (Å²) in [6, 6.07) is 0. The van der Waals surface area contributed by atoms with Crippen molar-refractivity contribution in [3.8, 4) is 0 Å². The Labute approximate surface area is 94.3 Å². The van der Waals surface area contributed by atoms with E-state index in [2.05, 4.69) is 10.3 Å². The number of hydrogen-bond donors (Lipinski definition) is 1. The summed E-state index contributed by atoms with van der Waals surface area (Å²) in [7, 11) is 3.72. The average Bonchev–Trinajstić information content (AvgIpc) is 2.64. The van der Waals surface area contributed by atoms with Gasteiger partial charge in [-0.05, 0) is 26.9 Å². The first-order valence-corrected chi connectivity index (χ1v) is 5.85. The highest BCUT2D eigenvalue weighted by Crippen LogP contribution is 2.09. The van der Waals surface area contributed by atoms with Crippen molar-refractivity contribution in [1.29, 1.82) is 0 Å². The number of aromatic nitrogens is 1. The fourth-order valence-corrected chi connectivity index (χ4v) is 1.84. The first-order valence-electron chi connectivity index (χ1n) is 4.97. The van der Waals surface area contributed by atoms with Gasteiger partial charge in [-0.1, -0.05) is 0 Å². The molecule has 0 aliphatic heterocycles. The molecule has 0 saturated carbocycles. The van der Waals surface area contributed by atoms with Crippen LogP contribution in [0.5, 0.6) is 0 Å². The van der Waals surface area contributed by atoms with E-state index in [9.17, 15) is 4.79 Å². The molecule has 5 heteroatoms. The Hall–Kier alpha value is -0.940. The van der Waals surface area contributed by atoms with Crippen LogP contribution < -0.4 is 5.32 Å². The van der Waals surface area contributed by atoms with Crippen molar-refractivity contribution < 1.29 is 4.79 Å². The minimum atomic E-state index is 0.00968. The molecule has 1 aromatic heterocycles. The van der Waals surface area contributed by atoms with Gasteiger partial charge >= 0.3 is 0 Å². The lowest BCUT2D eigenvalue weighted by Crippen LogP contribution is -2.29. The molecule has 0 radical (unpaired) electrons.